The van der Waals surface area contributed by atoms with Gasteiger partial charge in [0.2, 0.25) is 0 Å². The van der Waals surface area contributed by atoms with Crippen molar-refractivity contribution in [3.63, 3.8) is 0 Å². The summed E-state index contributed by atoms with van der Waals surface area (Å²) in [5.41, 5.74) is -0.297. The molecule has 2 nitrogen and oxygen atoms in total. The molecule has 0 N–H and O–H groups in total. The van der Waals surface area contributed by atoms with Gasteiger partial charge in [0.1, 0.15) is 11.2 Å². The highest BCUT2D eigenvalue weighted by Gasteiger charge is 2.47. The van der Waals surface area contributed by atoms with E-state index in [0.29, 0.717) is 5.92 Å². The Morgan fingerprint density at radius 1 is 1.17 bits per heavy atom. The van der Waals surface area contributed by atoms with Gasteiger partial charge in [-0.1, -0.05) is 26.0 Å². The van der Waals surface area contributed by atoms with Gasteiger partial charge in [0.15, 0.2) is 0 Å². The van der Waals surface area contributed by atoms with Crippen molar-refractivity contribution in [2.24, 2.45) is 5.92 Å². The smallest absolute Gasteiger partial charge is 0.124 e. The molecule has 2 heteroatoms. The first-order chi connectivity index (χ1) is 5.56. The molecule has 2 atom stereocenters. The molecule has 1 saturated heterocycles. The number of fused-ring (bicyclic) bond motifs is 2. The van der Waals surface area contributed by atoms with Crippen LogP contribution in [0, 0.1) is 5.92 Å². The van der Waals surface area contributed by atoms with Crippen molar-refractivity contribution in [2.75, 3.05) is 0 Å². The van der Waals surface area contributed by atoms with E-state index in [2.05, 4.69) is 32.9 Å². The number of rotatable bonds is 1. The van der Waals surface area contributed by atoms with Gasteiger partial charge in [0.25, 0.3) is 0 Å². The molecule has 2 bridgehead atoms. The molecule has 0 aromatic heterocycles. The van der Waals surface area contributed by atoms with Gasteiger partial charge in [-0.15, -0.1) is 0 Å². The maximum absolute atomic E-state index is 5.44. The standard InChI is InChI=1S/C10H16O2/c1-8(2)10-6-4-9(3,5-7-10)11-12-10/h4,6,8H,5,7H2,1-3H3/t9-,10+/m1/s1. The van der Waals surface area contributed by atoms with Crippen molar-refractivity contribution < 1.29 is 9.78 Å². The van der Waals surface area contributed by atoms with Crippen LogP contribution in [0.1, 0.15) is 33.6 Å². The van der Waals surface area contributed by atoms with Crippen LogP contribution in [0.4, 0.5) is 0 Å². The Morgan fingerprint density at radius 3 is 2.25 bits per heavy atom. The zero-order chi connectivity index (χ0) is 8.82. The summed E-state index contributed by atoms with van der Waals surface area (Å²) in [6.07, 6.45) is 6.46. The molecule has 0 aromatic rings. The monoisotopic (exact) mass is 168 g/mol. The second-order valence-electron chi connectivity index (χ2n) is 4.42. The van der Waals surface area contributed by atoms with Gasteiger partial charge in [-0.3, -0.25) is 0 Å². The summed E-state index contributed by atoms with van der Waals surface area (Å²) in [5.74, 6) is 0.485. The van der Waals surface area contributed by atoms with Crippen molar-refractivity contribution in [1.29, 1.82) is 0 Å². The first kappa shape index (κ1) is 8.27. The summed E-state index contributed by atoms with van der Waals surface area (Å²) in [7, 11) is 0. The zero-order valence-electron chi connectivity index (χ0n) is 7.96. The van der Waals surface area contributed by atoms with Gasteiger partial charge in [-0.2, -0.15) is 0 Å². The molecule has 12 heavy (non-hydrogen) atoms. The van der Waals surface area contributed by atoms with Crippen molar-refractivity contribution in [1.82, 2.24) is 0 Å². The fraction of sp³-hybridized carbons (Fsp3) is 0.800. The highest BCUT2D eigenvalue weighted by molar-refractivity contribution is 5.17. The molecule has 0 saturated carbocycles. The summed E-state index contributed by atoms with van der Waals surface area (Å²) in [5, 5.41) is 0. The Balaban J connectivity index is 2.28. The SMILES string of the molecule is CC(C)[C@]12C=C[C@](C)(CC1)OO2. The van der Waals surface area contributed by atoms with Gasteiger partial charge in [-0.05, 0) is 25.7 Å². The normalized spacial score (nSPS) is 45.7. The Kier molecular flexibility index (Phi) is 1.61. The molecule has 0 spiro atoms. The molecule has 1 fully saturated rings. The van der Waals surface area contributed by atoms with Crippen LogP contribution in [0.5, 0.6) is 0 Å². The fourth-order valence-electron chi connectivity index (χ4n) is 1.82. The minimum absolute atomic E-state index is 0.141. The lowest BCUT2D eigenvalue weighted by molar-refractivity contribution is -0.431. The highest BCUT2D eigenvalue weighted by atomic mass is 17.2. The molecule has 1 aliphatic carbocycles. The number of hydrogen-bond donors (Lipinski definition) is 0. The van der Waals surface area contributed by atoms with Gasteiger partial charge in [0.05, 0.1) is 0 Å². The van der Waals surface area contributed by atoms with E-state index >= 15 is 0 Å². The molecular formula is C10H16O2. The number of hydrogen-bond acceptors (Lipinski definition) is 2. The van der Waals surface area contributed by atoms with Crippen molar-refractivity contribution in [3.05, 3.63) is 12.2 Å². The van der Waals surface area contributed by atoms with E-state index < -0.39 is 0 Å². The summed E-state index contributed by atoms with van der Waals surface area (Å²) < 4.78 is 0. The molecular weight excluding hydrogens is 152 g/mol. The lowest BCUT2D eigenvalue weighted by Crippen LogP contribution is -2.50. The molecule has 2 heterocycles. The molecule has 0 amide bonds. The predicted octanol–water partition coefficient (Wildman–Crippen LogP) is 2.45. The molecule has 0 unspecified atom stereocenters. The summed E-state index contributed by atoms with van der Waals surface area (Å²) >= 11 is 0. The maximum atomic E-state index is 5.44. The molecule has 0 radical (unpaired) electrons. The van der Waals surface area contributed by atoms with Crippen LogP contribution >= 0.6 is 0 Å². The molecule has 2 aliphatic heterocycles. The van der Waals surface area contributed by atoms with Crippen molar-refractivity contribution >= 4 is 0 Å². The summed E-state index contributed by atoms with van der Waals surface area (Å²) in [6, 6.07) is 0. The van der Waals surface area contributed by atoms with Crippen molar-refractivity contribution in [2.45, 2.75) is 44.8 Å². The van der Waals surface area contributed by atoms with Crippen LogP contribution in [-0.2, 0) is 9.78 Å². The summed E-state index contributed by atoms with van der Waals surface area (Å²) in [4.78, 5) is 10.8. The highest BCUT2D eigenvalue weighted by Crippen LogP contribution is 2.44. The van der Waals surface area contributed by atoms with Gasteiger partial charge < -0.3 is 0 Å². The van der Waals surface area contributed by atoms with E-state index in [0.717, 1.165) is 12.8 Å². The van der Waals surface area contributed by atoms with Crippen LogP contribution < -0.4 is 0 Å². The van der Waals surface area contributed by atoms with Crippen LogP contribution in [-0.4, -0.2) is 11.2 Å². The molecule has 0 aromatic carbocycles. The zero-order valence-corrected chi connectivity index (χ0v) is 7.96. The molecule has 3 aliphatic rings. The minimum atomic E-state index is -0.156. The first-order valence-electron chi connectivity index (χ1n) is 4.64. The summed E-state index contributed by atoms with van der Waals surface area (Å²) in [6.45, 7) is 6.40. The Labute approximate surface area is 73.5 Å². The van der Waals surface area contributed by atoms with E-state index in [1.165, 1.54) is 0 Å². The maximum Gasteiger partial charge on any atom is 0.124 e. The van der Waals surface area contributed by atoms with Gasteiger partial charge >= 0.3 is 0 Å². The van der Waals surface area contributed by atoms with E-state index in [1.54, 1.807) is 0 Å². The van der Waals surface area contributed by atoms with E-state index in [4.69, 9.17) is 9.78 Å². The Hall–Kier alpha value is -0.340. The minimum Gasteiger partial charge on any atom is -0.225 e. The average Bonchev–Trinajstić information content (AvgIpc) is 2.06. The lowest BCUT2D eigenvalue weighted by atomic mass is 9.76. The third kappa shape index (κ3) is 1.02. The van der Waals surface area contributed by atoms with Crippen LogP contribution in [0.3, 0.4) is 0 Å². The van der Waals surface area contributed by atoms with Crippen LogP contribution in [0.2, 0.25) is 0 Å². The van der Waals surface area contributed by atoms with Gasteiger partial charge in [-0.25, -0.2) is 9.78 Å². The second kappa shape index (κ2) is 2.33. The van der Waals surface area contributed by atoms with E-state index in [-0.39, 0.29) is 11.2 Å². The third-order valence-electron chi connectivity index (χ3n) is 3.09. The fourth-order valence-corrected chi connectivity index (χ4v) is 1.82. The predicted molar refractivity (Wildman–Crippen MR) is 46.5 cm³/mol. The van der Waals surface area contributed by atoms with Crippen molar-refractivity contribution in [3.8, 4) is 0 Å². The van der Waals surface area contributed by atoms with Crippen LogP contribution in [0.25, 0.3) is 0 Å². The Bertz CT molecular complexity index is 210. The second-order valence-corrected chi connectivity index (χ2v) is 4.42. The largest absolute Gasteiger partial charge is 0.225 e. The van der Waals surface area contributed by atoms with E-state index in [9.17, 15) is 0 Å². The first-order valence-corrected chi connectivity index (χ1v) is 4.64. The Morgan fingerprint density at radius 2 is 1.92 bits per heavy atom. The topological polar surface area (TPSA) is 18.5 Å². The average molecular weight is 168 g/mol. The third-order valence-corrected chi connectivity index (χ3v) is 3.09. The van der Waals surface area contributed by atoms with Gasteiger partial charge in [0, 0.05) is 0 Å². The van der Waals surface area contributed by atoms with Crippen LogP contribution in [0.15, 0.2) is 12.2 Å². The quantitative estimate of drug-likeness (QED) is 0.442. The molecule has 68 valence electrons. The van der Waals surface area contributed by atoms with E-state index in [1.807, 2.05) is 0 Å². The lowest BCUT2D eigenvalue weighted by Gasteiger charge is -2.47. The molecule has 3 rings (SSSR count).